The summed E-state index contributed by atoms with van der Waals surface area (Å²) in [5.74, 6) is 0.574. The normalized spacial score (nSPS) is 16.4. The van der Waals surface area contributed by atoms with E-state index >= 15 is 0 Å². The van der Waals surface area contributed by atoms with Crippen molar-refractivity contribution in [3.05, 3.63) is 39.4 Å². The molecule has 0 spiro atoms. The number of nitrogens with zero attached hydrogens (tertiary/aromatic N) is 2. The molecule has 1 aromatic carbocycles. The molecule has 0 unspecified atom stereocenters. The number of amides is 2. The van der Waals surface area contributed by atoms with Gasteiger partial charge in [-0.15, -0.1) is 0 Å². The topological polar surface area (TPSA) is 71.5 Å². The number of carbonyl (C=O) groups excluding carboxylic acids is 2. The summed E-state index contributed by atoms with van der Waals surface area (Å²) in [4.78, 5) is 32.4. The Bertz CT molecular complexity index is 894. The SMILES string of the molecule is COc1ccc(Cl)cc1C(=O)N1CCc2nc(NC(=O)C3CCC3)sc2C1. The molecule has 27 heavy (non-hydrogen) atoms. The number of rotatable bonds is 4. The fourth-order valence-electron chi connectivity index (χ4n) is 3.32. The van der Waals surface area contributed by atoms with Crippen molar-refractivity contribution in [2.75, 3.05) is 19.0 Å². The van der Waals surface area contributed by atoms with Crippen LogP contribution in [0, 0.1) is 5.92 Å². The zero-order valence-corrected chi connectivity index (χ0v) is 16.5. The summed E-state index contributed by atoms with van der Waals surface area (Å²) in [7, 11) is 1.54. The van der Waals surface area contributed by atoms with Gasteiger partial charge in [0.1, 0.15) is 5.75 Å². The first-order valence-electron chi connectivity index (χ1n) is 8.97. The first-order valence-corrected chi connectivity index (χ1v) is 10.2. The number of hydrogen-bond acceptors (Lipinski definition) is 5. The van der Waals surface area contributed by atoms with Gasteiger partial charge in [-0.3, -0.25) is 9.59 Å². The number of anilines is 1. The molecule has 0 saturated heterocycles. The summed E-state index contributed by atoms with van der Waals surface area (Å²) in [6, 6.07) is 5.03. The third-order valence-corrected chi connectivity index (χ3v) is 6.35. The van der Waals surface area contributed by atoms with Crippen LogP contribution in [0.3, 0.4) is 0 Å². The smallest absolute Gasteiger partial charge is 0.258 e. The number of halogens is 1. The standard InChI is InChI=1S/C19H20ClN3O3S/c1-26-15-6-5-12(20)9-13(15)18(25)23-8-7-14-16(10-23)27-19(21-14)22-17(24)11-3-2-4-11/h5-6,9,11H,2-4,7-8,10H2,1H3,(H,21,22,24). The zero-order chi connectivity index (χ0) is 19.0. The van der Waals surface area contributed by atoms with E-state index < -0.39 is 0 Å². The van der Waals surface area contributed by atoms with E-state index in [4.69, 9.17) is 16.3 Å². The molecule has 1 aliphatic carbocycles. The van der Waals surface area contributed by atoms with E-state index in [-0.39, 0.29) is 17.7 Å². The molecule has 1 saturated carbocycles. The number of thiazole rings is 1. The van der Waals surface area contributed by atoms with Crippen molar-refractivity contribution in [1.29, 1.82) is 0 Å². The van der Waals surface area contributed by atoms with E-state index in [1.54, 1.807) is 23.1 Å². The molecule has 1 aliphatic heterocycles. The van der Waals surface area contributed by atoms with Crippen LogP contribution in [-0.2, 0) is 17.8 Å². The lowest BCUT2D eigenvalue weighted by Gasteiger charge is -2.26. The van der Waals surface area contributed by atoms with Gasteiger partial charge in [0.2, 0.25) is 5.91 Å². The van der Waals surface area contributed by atoms with Crippen molar-refractivity contribution in [3.63, 3.8) is 0 Å². The van der Waals surface area contributed by atoms with Crippen molar-refractivity contribution >= 4 is 39.9 Å². The Morgan fingerprint density at radius 3 is 2.89 bits per heavy atom. The Hall–Kier alpha value is -2.12. The van der Waals surface area contributed by atoms with Crippen LogP contribution in [0.1, 0.15) is 40.2 Å². The highest BCUT2D eigenvalue weighted by molar-refractivity contribution is 7.15. The van der Waals surface area contributed by atoms with Gasteiger partial charge in [-0.2, -0.15) is 0 Å². The molecule has 1 fully saturated rings. The number of nitrogens with one attached hydrogen (secondary N) is 1. The Morgan fingerprint density at radius 1 is 1.37 bits per heavy atom. The summed E-state index contributed by atoms with van der Waals surface area (Å²) in [5, 5.41) is 4.06. The van der Waals surface area contributed by atoms with Crippen LogP contribution in [0.2, 0.25) is 5.02 Å². The van der Waals surface area contributed by atoms with Crippen LogP contribution in [0.4, 0.5) is 5.13 Å². The monoisotopic (exact) mass is 405 g/mol. The number of benzene rings is 1. The van der Waals surface area contributed by atoms with Crippen molar-refractivity contribution in [2.24, 2.45) is 5.92 Å². The molecule has 0 atom stereocenters. The second-order valence-electron chi connectivity index (χ2n) is 6.83. The minimum atomic E-state index is -0.117. The van der Waals surface area contributed by atoms with Gasteiger partial charge in [-0.1, -0.05) is 29.4 Å². The lowest BCUT2D eigenvalue weighted by atomic mass is 9.85. The van der Waals surface area contributed by atoms with Crippen LogP contribution >= 0.6 is 22.9 Å². The molecule has 1 aromatic heterocycles. The largest absolute Gasteiger partial charge is 0.496 e. The quantitative estimate of drug-likeness (QED) is 0.841. The number of aromatic nitrogens is 1. The molecular weight excluding hydrogens is 386 g/mol. The van der Waals surface area contributed by atoms with Crippen molar-refractivity contribution < 1.29 is 14.3 Å². The van der Waals surface area contributed by atoms with Gasteiger partial charge in [-0.25, -0.2) is 4.98 Å². The summed E-state index contributed by atoms with van der Waals surface area (Å²) < 4.78 is 5.30. The van der Waals surface area contributed by atoms with Crippen molar-refractivity contribution in [1.82, 2.24) is 9.88 Å². The van der Waals surface area contributed by atoms with Gasteiger partial charge >= 0.3 is 0 Å². The maximum Gasteiger partial charge on any atom is 0.258 e. The summed E-state index contributed by atoms with van der Waals surface area (Å²) in [5.41, 5.74) is 1.42. The molecule has 6 nitrogen and oxygen atoms in total. The van der Waals surface area contributed by atoms with E-state index in [2.05, 4.69) is 10.3 Å². The minimum absolute atomic E-state index is 0.0592. The van der Waals surface area contributed by atoms with Crippen LogP contribution in [0.5, 0.6) is 5.75 Å². The van der Waals surface area contributed by atoms with Gasteiger partial charge in [0, 0.05) is 28.8 Å². The molecule has 2 heterocycles. The Kier molecular flexibility index (Phi) is 5.06. The lowest BCUT2D eigenvalue weighted by Crippen LogP contribution is -2.35. The predicted molar refractivity (Wildman–Crippen MR) is 105 cm³/mol. The van der Waals surface area contributed by atoms with Gasteiger partial charge in [-0.05, 0) is 31.0 Å². The van der Waals surface area contributed by atoms with Crippen molar-refractivity contribution in [2.45, 2.75) is 32.2 Å². The van der Waals surface area contributed by atoms with E-state index in [1.807, 2.05) is 0 Å². The first kappa shape index (κ1) is 18.3. The third kappa shape index (κ3) is 3.66. The zero-order valence-electron chi connectivity index (χ0n) is 15.0. The number of carbonyl (C=O) groups is 2. The fourth-order valence-corrected chi connectivity index (χ4v) is 4.52. The van der Waals surface area contributed by atoms with Gasteiger partial charge in [0.25, 0.3) is 5.91 Å². The summed E-state index contributed by atoms with van der Waals surface area (Å²) >= 11 is 7.51. The van der Waals surface area contributed by atoms with E-state index in [9.17, 15) is 9.59 Å². The summed E-state index contributed by atoms with van der Waals surface area (Å²) in [6.07, 6.45) is 3.71. The Labute approximate surface area is 166 Å². The molecular formula is C19H20ClN3O3S. The number of ether oxygens (including phenoxy) is 1. The third-order valence-electron chi connectivity index (χ3n) is 5.12. The maximum absolute atomic E-state index is 13.0. The van der Waals surface area contributed by atoms with Gasteiger partial charge in [0.05, 0.1) is 24.9 Å². The molecule has 142 valence electrons. The van der Waals surface area contributed by atoms with Gasteiger partial charge in [0.15, 0.2) is 5.13 Å². The molecule has 0 bridgehead atoms. The Morgan fingerprint density at radius 2 is 2.19 bits per heavy atom. The predicted octanol–water partition coefficient (Wildman–Crippen LogP) is 3.74. The fraction of sp³-hybridized carbons (Fsp3) is 0.421. The lowest BCUT2D eigenvalue weighted by molar-refractivity contribution is -0.122. The number of hydrogen-bond donors (Lipinski definition) is 1. The minimum Gasteiger partial charge on any atom is -0.496 e. The average Bonchev–Trinajstić information content (AvgIpc) is 3.00. The average molecular weight is 406 g/mol. The highest BCUT2D eigenvalue weighted by atomic mass is 35.5. The molecule has 2 amide bonds. The second-order valence-corrected chi connectivity index (χ2v) is 8.35. The highest BCUT2D eigenvalue weighted by Gasteiger charge is 2.29. The molecule has 8 heteroatoms. The molecule has 4 rings (SSSR count). The van der Waals surface area contributed by atoms with Crippen LogP contribution in [-0.4, -0.2) is 35.4 Å². The highest BCUT2D eigenvalue weighted by Crippen LogP contribution is 2.32. The van der Waals surface area contributed by atoms with Crippen molar-refractivity contribution in [3.8, 4) is 5.75 Å². The first-order chi connectivity index (χ1) is 13.0. The van der Waals surface area contributed by atoms with Crippen LogP contribution in [0.15, 0.2) is 18.2 Å². The van der Waals surface area contributed by atoms with Crippen LogP contribution < -0.4 is 10.1 Å². The Balaban J connectivity index is 1.49. The molecule has 1 N–H and O–H groups in total. The molecule has 0 radical (unpaired) electrons. The van der Waals surface area contributed by atoms with E-state index in [0.29, 0.717) is 41.0 Å². The molecule has 2 aromatic rings. The van der Waals surface area contributed by atoms with E-state index in [1.165, 1.54) is 18.4 Å². The molecule has 2 aliphatic rings. The van der Waals surface area contributed by atoms with E-state index in [0.717, 1.165) is 29.8 Å². The number of methoxy groups -OCH3 is 1. The van der Waals surface area contributed by atoms with Crippen LogP contribution in [0.25, 0.3) is 0 Å². The maximum atomic E-state index is 13.0. The van der Waals surface area contributed by atoms with Gasteiger partial charge < -0.3 is 15.0 Å². The summed E-state index contributed by atoms with van der Waals surface area (Å²) in [6.45, 7) is 1.04. The second kappa shape index (κ2) is 7.48. The number of fused-ring (bicyclic) bond motifs is 1.